The molecule has 1 aromatic heterocycles. The maximum absolute atomic E-state index is 15.4. The number of likely N-dealkylation sites (tertiary alicyclic amines) is 1. The fraction of sp³-hybridized carbons (Fsp3) is 0.500. The van der Waals surface area contributed by atoms with Gasteiger partial charge in [-0.25, -0.2) is 9.37 Å². The molecule has 0 spiro atoms. The normalized spacial score (nSPS) is 25.2. The van der Waals surface area contributed by atoms with Gasteiger partial charge in [-0.3, -0.25) is 4.79 Å². The Bertz CT molecular complexity index is 620. The van der Waals surface area contributed by atoms with Gasteiger partial charge in [0.25, 0.3) is 0 Å². The minimum atomic E-state index is -1.82. The fourth-order valence-corrected chi connectivity index (χ4v) is 2.75. The Hall–Kier alpha value is -1.96. The zero-order chi connectivity index (χ0) is 15.6. The van der Waals surface area contributed by atoms with Crippen molar-refractivity contribution in [2.24, 2.45) is 5.92 Å². The molecule has 2 atom stereocenters. The Morgan fingerprint density at radius 2 is 2.29 bits per heavy atom. The molecule has 0 N–H and O–H groups in total. The predicted octanol–water partition coefficient (Wildman–Crippen LogP) is 2.65. The second-order valence-corrected chi connectivity index (χ2v) is 5.42. The first-order valence-corrected chi connectivity index (χ1v) is 6.91. The molecule has 21 heavy (non-hydrogen) atoms. The third-order valence-corrected chi connectivity index (χ3v) is 4.02. The van der Waals surface area contributed by atoms with Crippen LogP contribution in [-0.4, -0.2) is 28.9 Å². The number of nitrogens with zero attached hydrogens (tertiary/aromatic N) is 2. The summed E-state index contributed by atoms with van der Waals surface area (Å²) in [6.45, 7) is 5.35. The highest BCUT2D eigenvalue weighted by Crippen LogP contribution is 2.42. The van der Waals surface area contributed by atoms with Crippen molar-refractivity contribution < 1.29 is 13.6 Å². The molecule has 1 amide bonds. The molecule has 0 radical (unpaired) electrons. The Balaban J connectivity index is 2.37. The predicted molar refractivity (Wildman–Crippen MR) is 75.6 cm³/mol. The zero-order valence-corrected chi connectivity index (χ0v) is 12.4. The van der Waals surface area contributed by atoms with E-state index in [4.69, 9.17) is 0 Å². The standard InChI is InChI=1S/C16H18F2N2O/c1-4-5-13-8-14(15(17)19-9-13)16(18)6-7-20(12(3)21)10-11(16)2/h8-9,11H,6-7,10H2,1-3H3/t11-,16+/m1/s1. The highest BCUT2D eigenvalue weighted by molar-refractivity contribution is 5.73. The minimum absolute atomic E-state index is 0.0570. The van der Waals surface area contributed by atoms with Crippen LogP contribution in [0.1, 0.15) is 38.3 Å². The van der Waals surface area contributed by atoms with Crippen molar-refractivity contribution in [2.45, 2.75) is 32.9 Å². The van der Waals surface area contributed by atoms with Gasteiger partial charge >= 0.3 is 0 Å². The van der Waals surface area contributed by atoms with Crippen molar-refractivity contribution in [2.75, 3.05) is 13.1 Å². The van der Waals surface area contributed by atoms with E-state index in [2.05, 4.69) is 16.8 Å². The number of amides is 1. The van der Waals surface area contributed by atoms with Gasteiger partial charge in [-0.1, -0.05) is 12.8 Å². The van der Waals surface area contributed by atoms with Crippen molar-refractivity contribution in [1.82, 2.24) is 9.88 Å². The van der Waals surface area contributed by atoms with Crippen molar-refractivity contribution in [3.8, 4) is 11.8 Å². The number of carbonyl (C=O) groups is 1. The van der Waals surface area contributed by atoms with Crippen LogP contribution >= 0.6 is 0 Å². The minimum Gasteiger partial charge on any atom is -0.342 e. The summed E-state index contributed by atoms with van der Waals surface area (Å²) in [4.78, 5) is 16.6. The van der Waals surface area contributed by atoms with E-state index in [0.717, 1.165) is 0 Å². The van der Waals surface area contributed by atoms with Gasteiger partial charge in [-0.05, 0) is 13.0 Å². The first-order chi connectivity index (χ1) is 9.88. The van der Waals surface area contributed by atoms with E-state index >= 15 is 4.39 Å². The molecule has 0 aliphatic carbocycles. The number of aromatic nitrogens is 1. The van der Waals surface area contributed by atoms with E-state index in [1.54, 1.807) is 18.7 Å². The molecule has 1 aliphatic rings. The lowest BCUT2D eigenvalue weighted by Crippen LogP contribution is -2.48. The summed E-state index contributed by atoms with van der Waals surface area (Å²) in [7, 11) is 0. The van der Waals surface area contributed by atoms with Crippen LogP contribution in [-0.2, 0) is 10.5 Å². The Morgan fingerprint density at radius 1 is 1.57 bits per heavy atom. The second-order valence-electron chi connectivity index (χ2n) is 5.42. The third kappa shape index (κ3) is 2.90. The average molecular weight is 292 g/mol. The molecule has 1 fully saturated rings. The molecule has 2 rings (SSSR count). The molecule has 1 aliphatic heterocycles. The maximum atomic E-state index is 15.4. The second kappa shape index (κ2) is 5.80. The van der Waals surface area contributed by atoms with E-state index in [0.29, 0.717) is 5.56 Å². The molecule has 1 aromatic rings. The lowest BCUT2D eigenvalue weighted by Gasteiger charge is -2.41. The summed E-state index contributed by atoms with van der Waals surface area (Å²) in [6, 6.07) is 1.43. The van der Waals surface area contributed by atoms with Gasteiger partial charge in [0.1, 0.15) is 5.67 Å². The molecule has 5 heteroatoms. The van der Waals surface area contributed by atoms with Crippen LogP contribution in [0.15, 0.2) is 12.3 Å². The first kappa shape index (κ1) is 15.4. The van der Waals surface area contributed by atoms with E-state index < -0.39 is 17.5 Å². The van der Waals surface area contributed by atoms with Crippen LogP contribution in [0.5, 0.6) is 0 Å². The Labute approximate surface area is 123 Å². The fourth-order valence-electron chi connectivity index (χ4n) is 2.75. The van der Waals surface area contributed by atoms with Crippen molar-refractivity contribution in [1.29, 1.82) is 0 Å². The number of pyridine rings is 1. The SMILES string of the molecule is CC#Cc1cnc(F)c([C@]2(F)CCN(C(C)=O)C[C@H]2C)c1. The van der Waals surface area contributed by atoms with Gasteiger partial charge in [0.15, 0.2) is 0 Å². The quantitative estimate of drug-likeness (QED) is 0.589. The summed E-state index contributed by atoms with van der Waals surface area (Å²) < 4.78 is 29.3. The van der Waals surface area contributed by atoms with Gasteiger partial charge in [0.2, 0.25) is 11.9 Å². The molecule has 112 valence electrons. The number of halogens is 2. The Morgan fingerprint density at radius 3 is 2.86 bits per heavy atom. The van der Waals surface area contributed by atoms with Gasteiger partial charge < -0.3 is 4.90 Å². The smallest absolute Gasteiger partial charge is 0.219 e. The number of piperidine rings is 1. The summed E-state index contributed by atoms with van der Waals surface area (Å²) in [6.07, 6.45) is 1.36. The van der Waals surface area contributed by atoms with Crippen LogP contribution in [0.25, 0.3) is 0 Å². The zero-order valence-electron chi connectivity index (χ0n) is 12.4. The average Bonchev–Trinajstić information content (AvgIpc) is 2.44. The van der Waals surface area contributed by atoms with Crippen molar-refractivity contribution in [3.63, 3.8) is 0 Å². The van der Waals surface area contributed by atoms with Crippen molar-refractivity contribution in [3.05, 3.63) is 29.3 Å². The van der Waals surface area contributed by atoms with Gasteiger partial charge in [-0.2, -0.15) is 4.39 Å². The molecule has 0 bridgehead atoms. The van der Waals surface area contributed by atoms with Crippen molar-refractivity contribution >= 4 is 5.91 Å². The lowest BCUT2D eigenvalue weighted by atomic mass is 9.78. The van der Waals surface area contributed by atoms with Crippen LogP contribution in [0.2, 0.25) is 0 Å². The number of hydrogen-bond acceptors (Lipinski definition) is 2. The molecule has 1 saturated heterocycles. The van der Waals surface area contributed by atoms with Gasteiger partial charge in [0.05, 0.1) is 0 Å². The summed E-state index contributed by atoms with van der Waals surface area (Å²) in [5.74, 6) is 4.06. The molecular weight excluding hydrogens is 274 g/mol. The molecule has 0 unspecified atom stereocenters. The summed E-state index contributed by atoms with van der Waals surface area (Å²) in [5, 5.41) is 0. The molecule has 3 nitrogen and oxygen atoms in total. The number of hydrogen-bond donors (Lipinski definition) is 0. The lowest BCUT2D eigenvalue weighted by molar-refractivity contribution is -0.133. The van der Waals surface area contributed by atoms with Crippen LogP contribution in [0.4, 0.5) is 8.78 Å². The largest absolute Gasteiger partial charge is 0.342 e. The molecular formula is C16H18F2N2O. The van der Waals surface area contributed by atoms with Crippen LogP contribution in [0, 0.1) is 23.7 Å². The Kier molecular flexibility index (Phi) is 4.26. The molecule has 0 aromatic carbocycles. The summed E-state index contributed by atoms with van der Waals surface area (Å²) >= 11 is 0. The van der Waals surface area contributed by atoms with E-state index in [9.17, 15) is 9.18 Å². The number of alkyl halides is 1. The monoisotopic (exact) mass is 292 g/mol. The van der Waals surface area contributed by atoms with Gasteiger partial charge in [0, 0.05) is 49.7 Å². The first-order valence-electron chi connectivity index (χ1n) is 6.91. The molecule has 2 heterocycles. The molecule has 0 saturated carbocycles. The van der Waals surface area contributed by atoms with Gasteiger partial charge in [-0.15, -0.1) is 5.92 Å². The topological polar surface area (TPSA) is 33.2 Å². The van der Waals surface area contributed by atoms with Crippen LogP contribution < -0.4 is 0 Å². The van der Waals surface area contributed by atoms with E-state index in [1.807, 2.05) is 0 Å². The highest BCUT2D eigenvalue weighted by atomic mass is 19.1. The van der Waals surface area contributed by atoms with E-state index in [-0.39, 0.29) is 31.0 Å². The summed E-state index contributed by atoms with van der Waals surface area (Å²) in [5.41, 5.74) is -1.39. The van der Waals surface area contributed by atoms with Crippen LogP contribution in [0.3, 0.4) is 0 Å². The number of carbonyl (C=O) groups excluding carboxylic acids is 1. The third-order valence-electron chi connectivity index (χ3n) is 4.02. The number of rotatable bonds is 1. The van der Waals surface area contributed by atoms with E-state index in [1.165, 1.54) is 19.2 Å². The highest BCUT2D eigenvalue weighted by Gasteiger charge is 2.45. The maximum Gasteiger partial charge on any atom is 0.219 e.